The van der Waals surface area contributed by atoms with Gasteiger partial charge in [0.15, 0.2) is 23.3 Å². The molecule has 0 saturated carbocycles. The molecule has 0 aliphatic heterocycles. The van der Waals surface area contributed by atoms with E-state index >= 15 is 0 Å². The van der Waals surface area contributed by atoms with Gasteiger partial charge in [-0.1, -0.05) is 12.1 Å². The van der Waals surface area contributed by atoms with Gasteiger partial charge in [0.25, 0.3) is 0 Å². The third-order valence-electron chi connectivity index (χ3n) is 2.40. The van der Waals surface area contributed by atoms with Gasteiger partial charge in [-0.25, -0.2) is 13.8 Å². The smallest absolute Gasteiger partial charge is 0.169 e. The molecule has 0 saturated heterocycles. The molecular formula is C12H10BrF2N3. The molecular weight excluding hydrogens is 304 g/mol. The number of hydrogen-bond donors (Lipinski definition) is 2. The van der Waals surface area contributed by atoms with Gasteiger partial charge >= 0.3 is 0 Å². The predicted molar refractivity (Wildman–Crippen MR) is 70.7 cm³/mol. The summed E-state index contributed by atoms with van der Waals surface area (Å²) in [6.07, 6.45) is 0. The number of halogens is 3. The van der Waals surface area contributed by atoms with E-state index in [1.807, 2.05) is 19.1 Å². The molecule has 1 aromatic carbocycles. The van der Waals surface area contributed by atoms with Gasteiger partial charge in [0.1, 0.15) is 0 Å². The topological polar surface area (TPSA) is 50.9 Å². The molecule has 0 aliphatic rings. The molecule has 94 valence electrons. The third kappa shape index (κ3) is 2.43. The monoisotopic (exact) mass is 313 g/mol. The van der Waals surface area contributed by atoms with Crippen molar-refractivity contribution in [3.63, 3.8) is 0 Å². The molecule has 3 nitrogen and oxygen atoms in total. The number of nitrogens with two attached hydrogens (primary N) is 1. The molecule has 3 N–H and O–H groups in total. The second-order valence-corrected chi connectivity index (χ2v) is 4.54. The maximum atomic E-state index is 13.5. The molecule has 0 fully saturated rings. The van der Waals surface area contributed by atoms with Gasteiger partial charge in [0, 0.05) is 10.5 Å². The lowest BCUT2D eigenvalue weighted by Gasteiger charge is -2.11. The van der Waals surface area contributed by atoms with Crippen molar-refractivity contribution in [2.45, 2.75) is 6.92 Å². The lowest BCUT2D eigenvalue weighted by Crippen LogP contribution is -2.03. The van der Waals surface area contributed by atoms with Crippen molar-refractivity contribution in [2.24, 2.45) is 0 Å². The Kier molecular flexibility index (Phi) is 3.47. The van der Waals surface area contributed by atoms with Gasteiger partial charge in [-0.2, -0.15) is 0 Å². The third-order valence-corrected chi connectivity index (χ3v) is 3.45. The van der Waals surface area contributed by atoms with Gasteiger partial charge in [0.2, 0.25) is 0 Å². The largest absolute Gasteiger partial charge is 0.381 e. The van der Waals surface area contributed by atoms with Crippen LogP contribution in [-0.4, -0.2) is 4.98 Å². The number of pyridine rings is 1. The first-order valence-corrected chi connectivity index (χ1v) is 5.92. The molecule has 0 radical (unpaired) electrons. The van der Waals surface area contributed by atoms with Crippen molar-refractivity contribution in [1.29, 1.82) is 0 Å². The number of hydrogen-bond acceptors (Lipinski definition) is 3. The second kappa shape index (κ2) is 4.89. The van der Waals surface area contributed by atoms with E-state index in [1.165, 1.54) is 0 Å². The molecule has 0 unspecified atom stereocenters. The summed E-state index contributed by atoms with van der Waals surface area (Å²) < 4.78 is 27.3. The molecule has 1 aromatic heterocycles. The fourth-order valence-electron chi connectivity index (χ4n) is 1.44. The summed E-state index contributed by atoms with van der Waals surface area (Å²) in [6, 6.07) is 6.16. The van der Waals surface area contributed by atoms with E-state index in [0.29, 0.717) is 11.8 Å². The highest BCUT2D eigenvalue weighted by Crippen LogP contribution is 2.29. The van der Waals surface area contributed by atoms with Crippen LogP contribution >= 0.6 is 15.9 Å². The Balaban J connectivity index is 2.40. The van der Waals surface area contributed by atoms with Crippen molar-refractivity contribution in [1.82, 2.24) is 4.98 Å². The van der Waals surface area contributed by atoms with Crippen LogP contribution in [-0.2, 0) is 0 Å². The van der Waals surface area contributed by atoms with E-state index in [2.05, 4.69) is 26.2 Å². The molecule has 6 heteroatoms. The predicted octanol–water partition coefficient (Wildman–Crippen LogP) is 3.76. The van der Waals surface area contributed by atoms with Crippen LogP contribution in [0.2, 0.25) is 0 Å². The molecule has 0 amide bonds. The zero-order chi connectivity index (χ0) is 13.3. The van der Waals surface area contributed by atoms with E-state index in [-0.39, 0.29) is 11.6 Å². The Bertz CT molecular complexity index is 602. The van der Waals surface area contributed by atoms with Gasteiger partial charge < -0.3 is 11.1 Å². The van der Waals surface area contributed by atoms with E-state index in [9.17, 15) is 8.78 Å². The van der Waals surface area contributed by atoms with Gasteiger partial charge in [-0.15, -0.1) is 0 Å². The fraction of sp³-hybridized carbons (Fsp3) is 0.0833. The molecule has 1 heterocycles. The van der Waals surface area contributed by atoms with Crippen LogP contribution in [0.4, 0.5) is 26.1 Å². The summed E-state index contributed by atoms with van der Waals surface area (Å²) in [5.74, 6) is -2.13. The average Bonchev–Trinajstić information content (AvgIpc) is 2.32. The quantitative estimate of drug-likeness (QED) is 0.887. The number of nitrogen functional groups attached to an aromatic ring is 1. The van der Waals surface area contributed by atoms with Crippen LogP contribution < -0.4 is 11.1 Å². The minimum atomic E-state index is -0.874. The highest BCUT2D eigenvalue weighted by atomic mass is 79.9. The van der Waals surface area contributed by atoms with E-state index < -0.39 is 11.6 Å². The second-order valence-electron chi connectivity index (χ2n) is 3.75. The van der Waals surface area contributed by atoms with Crippen LogP contribution in [0.25, 0.3) is 0 Å². The van der Waals surface area contributed by atoms with Crippen molar-refractivity contribution >= 4 is 33.3 Å². The number of anilines is 3. The lowest BCUT2D eigenvalue weighted by molar-refractivity contribution is 0.581. The Hall–Kier alpha value is -1.69. The summed E-state index contributed by atoms with van der Waals surface area (Å²) in [5.41, 5.74) is 6.92. The van der Waals surface area contributed by atoms with Crippen LogP contribution in [0.1, 0.15) is 5.56 Å². The fourth-order valence-corrected chi connectivity index (χ4v) is 1.80. The van der Waals surface area contributed by atoms with Crippen molar-refractivity contribution < 1.29 is 8.78 Å². The Morgan fingerprint density at radius 2 is 2.00 bits per heavy atom. The summed E-state index contributed by atoms with van der Waals surface area (Å²) in [5, 5.41) is 2.77. The van der Waals surface area contributed by atoms with Crippen LogP contribution in [0.3, 0.4) is 0 Å². The first-order valence-electron chi connectivity index (χ1n) is 5.12. The van der Waals surface area contributed by atoms with Crippen molar-refractivity contribution in [3.8, 4) is 0 Å². The van der Waals surface area contributed by atoms with Crippen LogP contribution in [0.15, 0.2) is 28.7 Å². The highest BCUT2D eigenvalue weighted by Gasteiger charge is 2.11. The van der Waals surface area contributed by atoms with Gasteiger partial charge in [-0.3, -0.25) is 0 Å². The maximum Gasteiger partial charge on any atom is 0.169 e. The molecule has 0 atom stereocenters. The minimum absolute atomic E-state index is 0.111. The number of aryl methyl sites for hydroxylation is 1. The zero-order valence-corrected chi connectivity index (χ0v) is 11.1. The lowest BCUT2D eigenvalue weighted by atomic mass is 10.2. The standard InChI is InChI=1S/C12H10BrF2N3/c1-6-3-2-4-9(10(6)13)17-12-8(15)5-7(14)11(16)18-12/h2-5H,1H3,(H3,16,17,18). The first-order chi connectivity index (χ1) is 8.49. The number of aromatic nitrogens is 1. The zero-order valence-electron chi connectivity index (χ0n) is 9.47. The van der Waals surface area contributed by atoms with E-state index in [1.54, 1.807) is 6.07 Å². The van der Waals surface area contributed by atoms with Gasteiger partial charge in [-0.05, 0) is 34.5 Å². The number of benzene rings is 1. The van der Waals surface area contributed by atoms with Crippen LogP contribution in [0.5, 0.6) is 0 Å². The molecule has 0 bridgehead atoms. The Morgan fingerprint density at radius 1 is 1.28 bits per heavy atom. The van der Waals surface area contributed by atoms with Gasteiger partial charge in [0.05, 0.1) is 5.69 Å². The minimum Gasteiger partial charge on any atom is -0.381 e. The Morgan fingerprint density at radius 3 is 2.72 bits per heavy atom. The van der Waals surface area contributed by atoms with E-state index in [4.69, 9.17) is 5.73 Å². The van der Waals surface area contributed by atoms with E-state index in [0.717, 1.165) is 10.0 Å². The number of rotatable bonds is 2. The van der Waals surface area contributed by atoms with Crippen molar-refractivity contribution in [2.75, 3.05) is 11.1 Å². The SMILES string of the molecule is Cc1cccc(Nc2nc(N)c(F)cc2F)c1Br. The summed E-state index contributed by atoms with van der Waals surface area (Å²) in [4.78, 5) is 3.63. The van der Waals surface area contributed by atoms with Crippen molar-refractivity contribution in [3.05, 3.63) is 45.9 Å². The Labute approximate surface area is 111 Å². The normalized spacial score (nSPS) is 10.4. The number of nitrogens with zero attached hydrogens (tertiary/aromatic N) is 1. The summed E-state index contributed by atoms with van der Waals surface area (Å²) >= 11 is 3.38. The average molecular weight is 314 g/mol. The number of nitrogens with one attached hydrogen (secondary N) is 1. The summed E-state index contributed by atoms with van der Waals surface area (Å²) in [6.45, 7) is 1.90. The molecule has 0 aliphatic carbocycles. The first kappa shape index (κ1) is 12.8. The molecule has 0 spiro atoms. The summed E-state index contributed by atoms with van der Waals surface area (Å²) in [7, 11) is 0. The maximum absolute atomic E-state index is 13.5. The van der Waals surface area contributed by atoms with Crippen LogP contribution in [0, 0.1) is 18.6 Å². The molecule has 18 heavy (non-hydrogen) atoms. The highest BCUT2D eigenvalue weighted by molar-refractivity contribution is 9.10. The molecule has 2 rings (SSSR count). The molecule has 2 aromatic rings.